The van der Waals surface area contributed by atoms with Gasteiger partial charge in [-0.1, -0.05) is 30.3 Å². The van der Waals surface area contributed by atoms with Crippen molar-refractivity contribution in [2.24, 2.45) is 5.73 Å². The average molecular weight is 318 g/mol. The van der Waals surface area contributed by atoms with E-state index in [4.69, 9.17) is 10.7 Å². The Labute approximate surface area is 141 Å². The minimum atomic E-state index is 0.205. The predicted molar refractivity (Wildman–Crippen MR) is 99.2 cm³/mol. The van der Waals surface area contributed by atoms with Crippen LogP contribution in [0.1, 0.15) is 24.2 Å². The summed E-state index contributed by atoms with van der Waals surface area (Å²) in [4.78, 5) is 8.24. The molecule has 3 N–H and O–H groups in total. The first-order valence-electron chi connectivity index (χ1n) is 8.52. The summed E-state index contributed by atoms with van der Waals surface area (Å²) in [5.74, 6) is 1.29. The van der Waals surface area contributed by atoms with E-state index in [0.717, 1.165) is 24.3 Å². The molecule has 0 spiro atoms. The quantitative estimate of drug-likeness (QED) is 0.587. The molecule has 0 radical (unpaired) electrons. The van der Waals surface area contributed by atoms with Crippen LogP contribution in [0.5, 0.6) is 0 Å². The van der Waals surface area contributed by atoms with Gasteiger partial charge in [-0.05, 0) is 37.1 Å². The maximum Gasteiger partial charge on any atom is 0.114 e. The molecule has 0 saturated heterocycles. The van der Waals surface area contributed by atoms with Crippen LogP contribution in [0.25, 0.3) is 21.9 Å². The Hall–Kier alpha value is -2.59. The van der Waals surface area contributed by atoms with Crippen molar-refractivity contribution in [1.82, 2.24) is 14.5 Å². The molecular weight excluding hydrogens is 296 g/mol. The second-order valence-electron chi connectivity index (χ2n) is 6.20. The third kappa shape index (κ3) is 2.39. The molecule has 0 aliphatic rings. The lowest BCUT2D eigenvalue weighted by atomic mass is 9.98. The molecule has 0 aliphatic carbocycles. The number of H-pyrrole nitrogens is 1. The minimum absolute atomic E-state index is 0.205. The molecule has 2 heterocycles. The number of nitrogens with two attached hydrogens (primary N) is 1. The summed E-state index contributed by atoms with van der Waals surface area (Å²) in [5.41, 5.74) is 10.9. The minimum Gasteiger partial charge on any atom is -0.361 e. The Balaban J connectivity index is 1.76. The van der Waals surface area contributed by atoms with Crippen molar-refractivity contribution in [1.29, 1.82) is 0 Å². The van der Waals surface area contributed by atoms with E-state index in [0.29, 0.717) is 6.54 Å². The fourth-order valence-electron chi connectivity index (χ4n) is 3.58. The van der Waals surface area contributed by atoms with Gasteiger partial charge in [-0.2, -0.15) is 0 Å². The van der Waals surface area contributed by atoms with E-state index in [1.165, 1.54) is 22.0 Å². The lowest BCUT2D eigenvalue weighted by Crippen LogP contribution is -2.19. The lowest BCUT2D eigenvalue weighted by molar-refractivity contribution is 0.599. The molecule has 0 fully saturated rings. The molecule has 4 heteroatoms. The summed E-state index contributed by atoms with van der Waals surface area (Å²) in [7, 11) is 0. The average Bonchev–Trinajstić information content (AvgIpc) is 3.20. The molecule has 24 heavy (non-hydrogen) atoms. The molecular formula is C20H22N4. The van der Waals surface area contributed by atoms with Crippen LogP contribution < -0.4 is 5.73 Å². The van der Waals surface area contributed by atoms with Crippen LogP contribution in [-0.2, 0) is 13.0 Å². The number of aromatic amines is 1. The van der Waals surface area contributed by atoms with E-state index in [2.05, 4.69) is 65.1 Å². The zero-order valence-electron chi connectivity index (χ0n) is 13.9. The van der Waals surface area contributed by atoms with Gasteiger partial charge in [-0.25, -0.2) is 4.98 Å². The number of nitrogens with zero attached hydrogens (tertiary/aromatic N) is 2. The standard InChI is InChI=1S/C20H22N4/c1-2-24-19-10-6-5-9-18(19)23-20(24)14(12-21)11-15-13-22-17-8-4-3-7-16(15)17/h3-10,13-14,22H,2,11-12,21H2,1H3. The van der Waals surface area contributed by atoms with E-state index in [-0.39, 0.29) is 5.92 Å². The van der Waals surface area contributed by atoms with Crippen molar-refractivity contribution in [2.45, 2.75) is 25.8 Å². The second-order valence-corrected chi connectivity index (χ2v) is 6.20. The first-order chi connectivity index (χ1) is 11.8. The predicted octanol–water partition coefficient (Wildman–Crippen LogP) is 3.82. The van der Waals surface area contributed by atoms with E-state index in [9.17, 15) is 0 Å². The zero-order chi connectivity index (χ0) is 16.5. The number of benzene rings is 2. The van der Waals surface area contributed by atoms with Crippen LogP contribution in [0.3, 0.4) is 0 Å². The smallest absolute Gasteiger partial charge is 0.114 e. The van der Waals surface area contributed by atoms with E-state index < -0.39 is 0 Å². The highest BCUT2D eigenvalue weighted by atomic mass is 15.1. The number of nitrogens with one attached hydrogen (secondary N) is 1. The summed E-state index contributed by atoms with van der Waals surface area (Å²) in [6, 6.07) is 16.7. The number of aromatic nitrogens is 3. The Bertz CT molecular complexity index is 980. The zero-order valence-corrected chi connectivity index (χ0v) is 13.9. The maximum absolute atomic E-state index is 6.15. The number of hydrogen-bond donors (Lipinski definition) is 2. The van der Waals surface area contributed by atoms with Crippen molar-refractivity contribution < 1.29 is 0 Å². The van der Waals surface area contributed by atoms with Gasteiger partial charge in [-0.3, -0.25) is 0 Å². The van der Waals surface area contributed by atoms with Gasteiger partial charge in [0.05, 0.1) is 11.0 Å². The molecule has 2 aromatic carbocycles. The van der Waals surface area contributed by atoms with Crippen LogP contribution in [0.15, 0.2) is 54.7 Å². The normalized spacial score (nSPS) is 12.9. The van der Waals surface area contributed by atoms with Gasteiger partial charge in [0.2, 0.25) is 0 Å². The van der Waals surface area contributed by atoms with Gasteiger partial charge in [0.25, 0.3) is 0 Å². The second kappa shape index (κ2) is 6.13. The van der Waals surface area contributed by atoms with Crippen molar-refractivity contribution >= 4 is 21.9 Å². The number of fused-ring (bicyclic) bond motifs is 2. The van der Waals surface area contributed by atoms with Gasteiger partial charge in [-0.15, -0.1) is 0 Å². The first kappa shape index (κ1) is 15.0. The lowest BCUT2D eigenvalue weighted by Gasteiger charge is -2.16. The Morgan fingerprint density at radius 2 is 1.92 bits per heavy atom. The summed E-state index contributed by atoms with van der Waals surface area (Å²) < 4.78 is 2.29. The van der Waals surface area contributed by atoms with Crippen molar-refractivity contribution in [3.8, 4) is 0 Å². The Kier molecular flexibility index (Phi) is 3.82. The molecule has 0 bridgehead atoms. The van der Waals surface area contributed by atoms with Gasteiger partial charge < -0.3 is 15.3 Å². The summed E-state index contributed by atoms with van der Waals surface area (Å²) in [5, 5.41) is 1.27. The molecule has 0 saturated carbocycles. The topological polar surface area (TPSA) is 59.6 Å². The highest BCUT2D eigenvalue weighted by molar-refractivity contribution is 5.83. The number of rotatable bonds is 5. The Morgan fingerprint density at radius 1 is 1.12 bits per heavy atom. The van der Waals surface area contributed by atoms with E-state index in [1.807, 2.05) is 6.07 Å². The third-order valence-corrected chi connectivity index (χ3v) is 4.79. The van der Waals surface area contributed by atoms with Gasteiger partial charge in [0.15, 0.2) is 0 Å². The fraction of sp³-hybridized carbons (Fsp3) is 0.250. The summed E-state index contributed by atoms with van der Waals surface area (Å²) in [6.07, 6.45) is 3.00. The summed E-state index contributed by atoms with van der Waals surface area (Å²) in [6.45, 7) is 3.65. The van der Waals surface area contributed by atoms with Crippen molar-refractivity contribution in [3.05, 3.63) is 66.1 Å². The number of imidazole rings is 1. The number of para-hydroxylation sites is 3. The molecule has 1 atom stereocenters. The van der Waals surface area contributed by atoms with Gasteiger partial charge in [0, 0.05) is 36.1 Å². The largest absolute Gasteiger partial charge is 0.361 e. The monoisotopic (exact) mass is 318 g/mol. The van der Waals surface area contributed by atoms with Crippen LogP contribution in [0.4, 0.5) is 0 Å². The molecule has 0 aliphatic heterocycles. The molecule has 4 nitrogen and oxygen atoms in total. The van der Waals surface area contributed by atoms with E-state index in [1.54, 1.807) is 0 Å². The molecule has 122 valence electrons. The molecule has 2 aromatic heterocycles. The Morgan fingerprint density at radius 3 is 2.75 bits per heavy atom. The number of aryl methyl sites for hydroxylation is 1. The highest BCUT2D eigenvalue weighted by Crippen LogP contribution is 2.27. The van der Waals surface area contributed by atoms with Crippen molar-refractivity contribution in [3.63, 3.8) is 0 Å². The molecule has 4 rings (SSSR count). The highest BCUT2D eigenvalue weighted by Gasteiger charge is 2.20. The van der Waals surface area contributed by atoms with Gasteiger partial charge >= 0.3 is 0 Å². The van der Waals surface area contributed by atoms with Crippen molar-refractivity contribution in [2.75, 3.05) is 6.54 Å². The molecule has 4 aromatic rings. The first-order valence-corrected chi connectivity index (χ1v) is 8.52. The summed E-state index contributed by atoms with van der Waals surface area (Å²) >= 11 is 0. The maximum atomic E-state index is 6.15. The molecule has 1 unspecified atom stereocenters. The van der Waals surface area contributed by atoms with E-state index >= 15 is 0 Å². The third-order valence-electron chi connectivity index (χ3n) is 4.79. The van der Waals surface area contributed by atoms with Crippen LogP contribution in [0.2, 0.25) is 0 Å². The van der Waals surface area contributed by atoms with Crippen LogP contribution >= 0.6 is 0 Å². The fourth-order valence-corrected chi connectivity index (χ4v) is 3.58. The van der Waals surface area contributed by atoms with Crippen LogP contribution in [-0.4, -0.2) is 21.1 Å². The van der Waals surface area contributed by atoms with Crippen LogP contribution in [0, 0.1) is 0 Å². The van der Waals surface area contributed by atoms with Gasteiger partial charge in [0.1, 0.15) is 5.82 Å². The number of hydrogen-bond acceptors (Lipinski definition) is 2. The molecule has 0 amide bonds. The SMILES string of the molecule is CCn1c(C(CN)Cc2c[nH]c3ccccc23)nc2ccccc21.